The Morgan fingerprint density at radius 2 is 0.980 bits per heavy atom. The second kappa shape index (κ2) is 11.5. The Kier molecular flexibility index (Phi) is 6.61. The van der Waals surface area contributed by atoms with Crippen LogP contribution in [-0.4, -0.2) is 0 Å². The third kappa shape index (κ3) is 4.74. The summed E-state index contributed by atoms with van der Waals surface area (Å²) in [6, 6.07) is 64.4. The summed E-state index contributed by atoms with van der Waals surface area (Å²) >= 11 is 3.76. The molecule has 0 unspecified atom stereocenters. The minimum Gasteiger partial charge on any atom is -0.310 e. The zero-order chi connectivity index (χ0) is 32.3. The van der Waals surface area contributed by atoms with E-state index in [4.69, 9.17) is 0 Å². The lowest BCUT2D eigenvalue weighted by Crippen LogP contribution is -2.10. The molecular formula is C46H29NS2. The molecule has 0 saturated heterocycles. The highest BCUT2D eigenvalue weighted by Crippen LogP contribution is 2.47. The van der Waals surface area contributed by atoms with E-state index in [1.54, 1.807) is 0 Å². The second-order valence-electron chi connectivity index (χ2n) is 12.5. The zero-order valence-corrected chi connectivity index (χ0v) is 28.1. The van der Waals surface area contributed by atoms with Gasteiger partial charge in [0, 0.05) is 51.7 Å². The maximum atomic E-state index is 2.43. The van der Waals surface area contributed by atoms with Gasteiger partial charge in [-0.3, -0.25) is 0 Å². The first-order valence-electron chi connectivity index (χ1n) is 16.6. The topological polar surface area (TPSA) is 3.24 Å². The number of benzene rings is 8. The first-order chi connectivity index (χ1) is 24.3. The molecule has 2 aromatic heterocycles. The van der Waals surface area contributed by atoms with Crippen molar-refractivity contribution in [2.24, 2.45) is 0 Å². The van der Waals surface area contributed by atoms with Crippen molar-refractivity contribution in [1.82, 2.24) is 0 Å². The van der Waals surface area contributed by atoms with E-state index in [0.29, 0.717) is 0 Å². The Labute approximate surface area is 292 Å². The van der Waals surface area contributed by atoms with Crippen LogP contribution in [0.5, 0.6) is 0 Å². The van der Waals surface area contributed by atoms with E-state index in [0.717, 1.165) is 11.4 Å². The quantitative estimate of drug-likeness (QED) is 0.178. The molecule has 49 heavy (non-hydrogen) atoms. The molecule has 230 valence electrons. The van der Waals surface area contributed by atoms with Crippen molar-refractivity contribution < 1.29 is 0 Å². The molecule has 3 heteroatoms. The van der Waals surface area contributed by atoms with Gasteiger partial charge in [0.15, 0.2) is 0 Å². The highest BCUT2D eigenvalue weighted by Gasteiger charge is 2.19. The number of rotatable bonds is 5. The molecule has 0 bridgehead atoms. The predicted octanol–water partition coefficient (Wildman–Crippen LogP) is 14.4. The third-order valence-corrected chi connectivity index (χ3v) is 12.0. The van der Waals surface area contributed by atoms with Crippen LogP contribution >= 0.6 is 22.7 Å². The first kappa shape index (κ1) is 28.3. The Morgan fingerprint density at radius 1 is 0.367 bits per heavy atom. The van der Waals surface area contributed by atoms with Gasteiger partial charge in [0.25, 0.3) is 0 Å². The van der Waals surface area contributed by atoms with E-state index in [1.807, 2.05) is 22.7 Å². The third-order valence-electron chi connectivity index (χ3n) is 9.66. The monoisotopic (exact) mass is 659 g/mol. The Morgan fingerprint density at radius 3 is 1.78 bits per heavy atom. The van der Waals surface area contributed by atoms with E-state index in [2.05, 4.69) is 181 Å². The van der Waals surface area contributed by atoms with Crippen LogP contribution in [0.4, 0.5) is 17.1 Å². The number of fused-ring (bicyclic) bond motifs is 7. The summed E-state index contributed by atoms with van der Waals surface area (Å²) in [6.45, 7) is 0. The molecule has 10 rings (SSSR count). The van der Waals surface area contributed by atoms with Gasteiger partial charge in [-0.25, -0.2) is 0 Å². The summed E-state index contributed by atoms with van der Waals surface area (Å²) in [6.07, 6.45) is 0. The SMILES string of the molecule is c1ccc(-c2ccc(N(c3ccc(-c4cccc5c4sc4ccccc45)cc3)c3cccc4sc5cc6ccccc6cc5c34)cc2)cc1. The van der Waals surface area contributed by atoms with Crippen LogP contribution in [0.3, 0.4) is 0 Å². The summed E-state index contributed by atoms with van der Waals surface area (Å²) in [5.74, 6) is 0. The van der Waals surface area contributed by atoms with Crippen LogP contribution in [0.25, 0.3) is 73.4 Å². The highest BCUT2D eigenvalue weighted by atomic mass is 32.1. The minimum absolute atomic E-state index is 1.13. The first-order valence-corrected chi connectivity index (χ1v) is 18.2. The molecule has 2 heterocycles. The molecule has 8 aromatic carbocycles. The van der Waals surface area contributed by atoms with Gasteiger partial charge in [-0.15, -0.1) is 22.7 Å². The average Bonchev–Trinajstić information content (AvgIpc) is 3.73. The normalized spacial score (nSPS) is 11.7. The summed E-state index contributed by atoms with van der Waals surface area (Å²) in [5, 5.41) is 7.79. The molecule has 0 spiro atoms. The molecule has 0 fully saturated rings. The Balaban J connectivity index is 1.15. The van der Waals surface area contributed by atoms with Gasteiger partial charge in [-0.05, 0) is 87.6 Å². The van der Waals surface area contributed by atoms with E-state index in [1.165, 1.54) is 79.1 Å². The number of hydrogen-bond acceptors (Lipinski definition) is 3. The van der Waals surface area contributed by atoms with E-state index < -0.39 is 0 Å². The fourth-order valence-electron chi connectivity index (χ4n) is 7.30. The fourth-order valence-corrected chi connectivity index (χ4v) is 9.70. The van der Waals surface area contributed by atoms with Gasteiger partial charge in [0.05, 0.1) is 5.69 Å². The van der Waals surface area contributed by atoms with Crippen molar-refractivity contribution >= 4 is 90.9 Å². The van der Waals surface area contributed by atoms with Crippen molar-refractivity contribution in [3.63, 3.8) is 0 Å². The number of anilines is 3. The average molecular weight is 660 g/mol. The predicted molar refractivity (Wildman–Crippen MR) is 215 cm³/mol. The van der Waals surface area contributed by atoms with Crippen LogP contribution in [0.2, 0.25) is 0 Å². The van der Waals surface area contributed by atoms with Crippen LogP contribution in [-0.2, 0) is 0 Å². The van der Waals surface area contributed by atoms with Crippen molar-refractivity contribution in [2.45, 2.75) is 0 Å². The molecule has 0 atom stereocenters. The molecule has 0 radical (unpaired) electrons. The number of hydrogen-bond donors (Lipinski definition) is 0. The summed E-state index contributed by atoms with van der Waals surface area (Å²) in [7, 11) is 0. The van der Waals surface area contributed by atoms with Crippen LogP contribution in [0, 0.1) is 0 Å². The smallest absolute Gasteiger partial charge is 0.0554 e. The van der Waals surface area contributed by atoms with E-state index in [9.17, 15) is 0 Å². The van der Waals surface area contributed by atoms with E-state index in [-0.39, 0.29) is 0 Å². The number of nitrogens with zero attached hydrogens (tertiary/aromatic N) is 1. The molecule has 0 amide bonds. The Bertz CT molecular complexity index is 2810. The van der Waals surface area contributed by atoms with Gasteiger partial charge in [0.2, 0.25) is 0 Å². The van der Waals surface area contributed by atoms with Gasteiger partial charge < -0.3 is 4.90 Å². The lowest BCUT2D eigenvalue weighted by atomic mass is 10.0. The Hall–Kier alpha value is -5.74. The van der Waals surface area contributed by atoms with Crippen molar-refractivity contribution in [1.29, 1.82) is 0 Å². The molecule has 0 N–H and O–H groups in total. The van der Waals surface area contributed by atoms with Crippen molar-refractivity contribution in [2.75, 3.05) is 4.90 Å². The lowest BCUT2D eigenvalue weighted by molar-refractivity contribution is 1.30. The van der Waals surface area contributed by atoms with Gasteiger partial charge >= 0.3 is 0 Å². The van der Waals surface area contributed by atoms with Crippen molar-refractivity contribution in [3.8, 4) is 22.3 Å². The van der Waals surface area contributed by atoms with Crippen LogP contribution < -0.4 is 4.90 Å². The standard InChI is InChI=1S/C46H29NS2/c1-2-10-30(11-3-1)31-20-24-35(25-21-31)47(41-17-9-19-43-45(41)40-28-33-12-4-5-13-34(33)29-44(40)48-43)36-26-22-32(23-27-36)37-15-8-16-39-38-14-6-7-18-42(38)49-46(37)39/h1-29H. The molecule has 10 aromatic rings. The second-order valence-corrected chi connectivity index (χ2v) is 14.7. The van der Waals surface area contributed by atoms with Gasteiger partial charge in [0.1, 0.15) is 0 Å². The maximum Gasteiger partial charge on any atom is 0.0554 e. The largest absolute Gasteiger partial charge is 0.310 e. The fraction of sp³-hybridized carbons (Fsp3) is 0. The summed E-state index contributed by atoms with van der Waals surface area (Å²) < 4.78 is 5.27. The summed E-state index contributed by atoms with van der Waals surface area (Å²) in [5.41, 5.74) is 8.39. The maximum absolute atomic E-state index is 2.43. The van der Waals surface area contributed by atoms with Gasteiger partial charge in [-0.2, -0.15) is 0 Å². The van der Waals surface area contributed by atoms with E-state index >= 15 is 0 Å². The highest BCUT2D eigenvalue weighted by molar-refractivity contribution is 7.26. The van der Waals surface area contributed by atoms with Crippen molar-refractivity contribution in [3.05, 3.63) is 176 Å². The molecule has 0 aliphatic carbocycles. The van der Waals surface area contributed by atoms with Crippen LogP contribution in [0.1, 0.15) is 0 Å². The zero-order valence-electron chi connectivity index (χ0n) is 26.5. The molecule has 1 nitrogen and oxygen atoms in total. The van der Waals surface area contributed by atoms with Gasteiger partial charge in [-0.1, -0.05) is 121 Å². The lowest BCUT2D eigenvalue weighted by Gasteiger charge is -2.27. The molecule has 0 aliphatic heterocycles. The molecule has 0 aliphatic rings. The minimum atomic E-state index is 1.13. The summed E-state index contributed by atoms with van der Waals surface area (Å²) in [4.78, 5) is 2.43. The number of thiophene rings is 2. The van der Waals surface area contributed by atoms with Crippen LogP contribution in [0.15, 0.2) is 176 Å². The molecule has 0 saturated carbocycles. The molecular weight excluding hydrogens is 631 g/mol.